The minimum atomic E-state index is -0.277. The summed E-state index contributed by atoms with van der Waals surface area (Å²) in [6.07, 6.45) is 1.44. The van der Waals surface area contributed by atoms with Gasteiger partial charge in [0.1, 0.15) is 5.82 Å². The van der Waals surface area contributed by atoms with E-state index in [1.165, 1.54) is 12.3 Å². The normalized spacial score (nSPS) is 10.6. The van der Waals surface area contributed by atoms with Crippen LogP contribution >= 0.6 is 15.9 Å². The second-order valence-electron chi connectivity index (χ2n) is 2.89. The van der Waals surface area contributed by atoms with E-state index in [1.54, 1.807) is 13.0 Å². The minimum absolute atomic E-state index is 0.124. The van der Waals surface area contributed by atoms with Gasteiger partial charge in [0.2, 0.25) is 5.96 Å². The fourth-order valence-electron chi connectivity index (χ4n) is 0.936. The third kappa shape index (κ3) is 3.32. The van der Waals surface area contributed by atoms with Crippen molar-refractivity contribution >= 4 is 28.1 Å². The van der Waals surface area contributed by atoms with E-state index in [0.29, 0.717) is 15.6 Å². The molecule has 0 saturated heterocycles. The van der Waals surface area contributed by atoms with Crippen LogP contribution in [0.4, 0.5) is 4.39 Å². The van der Waals surface area contributed by atoms with Crippen molar-refractivity contribution in [1.29, 1.82) is 0 Å². The highest BCUT2D eigenvalue weighted by molar-refractivity contribution is 9.10. The molecule has 4 nitrogen and oxygen atoms in total. The summed E-state index contributed by atoms with van der Waals surface area (Å²) in [5, 5.41) is 7.07. The maximum absolute atomic E-state index is 13.1. The van der Waals surface area contributed by atoms with E-state index in [2.05, 4.69) is 26.1 Å². The van der Waals surface area contributed by atoms with Gasteiger partial charge in [0.05, 0.1) is 6.21 Å². The molecule has 1 aromatic carbocycles. The first-order chi connectivity index (χ1) is 7.00. The van der Waals surface area contributed by atoms with Crippen molar-refractivity contribution in [1.82, 2.24) is 0 Å². The predicted molar refractivity (Wildman–Crippen MR) is 62.2 cm³/mol. The van der Waals surface area contributed by atoms with Crippen LogP contribution in [0, 0.1) is 12.7 Å². The van der Waals surface area contributed by atoms with Crippen molar-refractivity contribution in [3.05, 3.63) is 33.5 Å². The molecule has 0 bridgehead atoms. The lowest BCUT2D eigenvalue weighted by molar-refractivity contribution is 0.617. The molecule has 1 aromatic rings. The number of hydrogen-bond acceptors (Lipinski definition) is 2. The Hall–Kier alpha value is -1.43. The van der Waals surface area contributed by atoms with Crippen LogP contribution in [0.1, 0.15) is 11.1 Å². The maximum Gasteiger partial charge on any atom is 0.211 e. The van der Waals surface area contributed by atoms with Gasteiger partial charge < -0.3 is 11.5 Å². The van der Waals surface area contributed by atoms with Gasteiger partial charge in [-0.05, 0) is 24.6 Å². The highest BCUT2D eigenvalue weighted by Crippen LogP contribution is 2.19. The zero-order chi connectivity index (χ0) is 11.4. The molecule has 0 aromatic heterocycles. The summed E-state index contributed by atoms with van der Waals surface area (Å²) < 4.78 is 13.7. The molecule has 0 fully saturated rings. The lowest BCUT2D eigenvalue weighted by Gasteiger charge is -2.00. The Morgan fingerprint density at radius 3 is 2.73 bits per heavy atom. The van der Waals surface area contributed by atoms with Gasteiger partial charge in [-0.1, -0.05) is 15.9 Å². The van der Waals surface area contributed by atoms with Crippen molar-refractivity contribution in [2.45, 2.75) is 6.92 Å². The number of nitrogens with two attached hydrogens (primary N) is 2. The summed E-state index contributed by atoms with van der Waals surface area (Å²) in [4.78, 5) is 0. The van der Waals surface area contributed by atoms with Crippen molar-refractivity contribution in [3.8, 4) is 0 Å². The second-order valence-corrected chi connectivity index (χ2v) is 3.75. The Morgan fingerprint density at radius 2 is 2.13 bits per heavy atom. The molecule has 0 radical (unpaired) electrons. The fraction of sp³-hybridized carbons (Fsp3) is 0.111. The van der Waals surface area contributed by atoms with Crippen LogP contribution in [0.2, 0.25) is 0 Å². The molecule has 0 aliphatic carbocycles. The molecule has 15 heavy (non-hydrogen) atoms. The van der Waals surface area contributed by atoms with E-state index >= 15 is 0 Å². The molecule has 1 rings (SSSR count). The SMILES string of the molecule is Cc1cc(C=NN=C(N)N)c(Br)cc1F. The summed E-state index contributed by atoms with van der Waals surface area (Å²) in [7, 11) is 0. The van der Waals surface area contributed by atoms with Gasteiger partial charge in [0.15, 0.2) is 0 Å². The van der Waals surface area contributed by atoms with Crippen LogP contribution < -0.4 is 11.5 Å². The lowest BCUT2D eigenvalue weighted by atomic mass is 10.1. The predicted octanol–water partition coefficient (Wildman–Crippen LogP) is 1.50. The molecule has 80 valence electrons. The molecule has 0 saturated carbocycles. The first kappa shape index (κ1) is 11.6. The molecule has 0 heterocycles. The summed E-state index contributed by atoms with van der Waals surface area (Å²) in [6, 6.07) is 3.01. The van der Waals surface area contributed by atoms with Gasteiger partial charge in [-0.3, -0.25) is 0 Å². The summed E-state index contributed by atoms with van der Waals surface area (Å²) in [5.41, 5.74) is 11.4. The number of nitrogens with zero attached hydrogens (tertiary/aromatic N) is 2. The van der Waals surface area contributed by atoms with E-state index in [-0.39, 0.29) is 11.8 Å². The first-order valence-corrected chi connectivity index (χ1v) is 4.87. The fourth-order valence-corrected chi connectivity index (χ4v) is 1.35. The molecule has 0 aliphatic rings. The molecule has 0 atom stereocenters. The van der Waals surface area contributed by atoms with E-state index in [1.807, 2.05) is 0 Å². The molecule has 4 N–H and O–H groups in total. The third-order valence-electron chi connectivity index (χ3n) is 1.65. The van der Waals surface area contributed by atoms with Crippen molar-refractivity contribution in [2.75, 3.05) is 0 Å². The second kappa shape index (κ2) is 4.88. The number of benzene rings is 1. The molecular formula is C9H10BrFN4. The highest BCUT2D eigenvalue weighted by Gasteiger charge is 2.02. The van der Waals surface area contributed by atoms with Crippen LogP contribution in [-0.2, 0) is 0 Å². The molecular weight excluding hydrogens is 263 g/mol. The minimum Gasteiger partial charge on any atom is -0.369 e. The van der Waals surface area contributed by atoms with Crippen LogP contribution in [0.3, 0.4) is 0 Å². The number of hydrogen-bond donors (Lipinski definition) is 2. The smallest absolute Gasteiger partial charge is 0.211 e. The Balaban J connectivity index is 3.01. The standard InChI is InChI=1S/C9H10BrFN4/c1-5-2-6(4-14-15-9(12)13)7(10)3-8(5)11/h2-4H,1H3,(H4,12,13,15). The quantitative estimate of drug-likeness (QED) is 0.486. The summed E-state index contributed by atoms with van der Waals surface area (Å²) in [5.74, 6) is -0.401. The molecule has 0 unspecified atom stereocenters. The topological polar surface area (TPSA) is 76.8 Å². The lowest BCUT2D eigenvalue weighted by Crippen LogP contribution is -2.21. The molecule has 0 amide bonds. The Bertz CT molecular complexity index is 424. The van der Waals surface area contributed by atoms with E-state index in [4.69, 9.17) is 11.5 Å². The first-order valence-electron chi connectivity index (χ1n) is 4.08. The van der Waals surface area contributed by atoms with Gasteiger partial charge in [0.25, 0.3) is 0 Å². The number of guanidine groups is 1. The molecule has 0 spiro atoms. The number of rotatable bonds is 2. The van der Waals surface area contributed by atoms with Gasteiger partial charge in [-0.15, -0.1) is 5.10 Å². The number of halogens is 2. The van der Waals surface area contributed by atoms with Crippen molar-refractivity contribution in [2.24, 2.45) is 21.7 Å². The van der Waals surface area contributed by atoms with Crippen LogP contribution in [0.15, 0.2) is 26.8 Å². The molecule has 6 heteroatoms. The zero-order valence-electron chi connectivity index (χ0n) is 8.04. The van der Waals surface area contributed by atoms with Crippen LogP contribution in [-0.4, -0.2) is 12.2 Å². The van der Waals surface area contributed by atoms with Crippen LogP contribution in [0.25, 0.3) is 0 Å². The van der Waals surface area contributed by atoms with Crippen molar-refractivity contribution < 1.29 is 4.39 Å². The highest BCUT2D eigenvalue weighted by atomic mass is 79.9. The van der Waals surface area contributed by atoms with Crippen molar-refractivity contribution in [3.63, 3.8) is 0 Å². The third-order valence-corrected chi connectivity index (χ3v) is 2.33. The zero-order valence-corrected chi connectivity index (χ0v) is 9.62. The van der Waals surface area contributed by atoms with Crippen LogP contribution in [0.5, 0.6) is 0 Å². The van der Waals surface area contributed by atoms with Gasteiger partial charge in [-0.2, -0.15) is 5.10 Å². The Morgan fingerprint density at radius 1 is 1.47 bits per heavy atom. The van der Waals surface area contributed by atoms with Gasteiger partial charge >= 0.3 is 0 Å². The van der Waals surface area contributed by atoms with E-state index in [0.717, 1.165) is 0 Å². The average Bonchev–Trinajstić information content (AvgIpc) is 2.13. The summed E-state index contributed by atoms with van der Waals surface area (Å²) >= 11 is 3.21. The number of aryl methyl sites for hydroxylation is 1. The molecule has 0 aliphatic heterocycles. The Kier molecular flexibility index (Phi) is 3.79. The maximum atomic E-state index is 13.1. The monoisotopic (exact) mass is 272 g/mol. The van der Waals surface area contributed by atoms with Gasteiger partial charge in [-0.25, -0.2) is 4.39 Å². The van der Waals surface area contributed by atoms with E-state index in [9.17, 15) is 4.39 Å². The largest absolute Gasteiger partial charge is 0.369 e. The van der Waals surface area contributed by atoms with Gasteiger partial charge in [0, 0.05) is 10.0 Å². The Labute approximate surface area is 95.0 Å². The summed E-state index contributed by atoms with van der Waals surface area (Å²) in [6.45, 7) is 1.67. The average molecular weight is 273 g/mol. The van der Waals surface area contributed by atoms with E-state index < -0.39 is 0 Å².